The van der Waals surface area contributed by atoms with Crippen LogP contribution in [0, 0.1) is 10.1 Å². The predicted octanol–water partition coefficient (Wildman–Crippen LogP) is 3.47. The Bertz CT molecular complexity index is 1130. The maximum absolute atomic E-state index is 12.9. The van der Waals surface area contributed by atoms with E-state index in [0.29, 0.717) is 0 Å². The first-order valence-electron chi connectivity index (χ1n) is 8.99. The molecule has 0 bridgehead atoms. The predicted molar refractivity (Wildman–Crippen MR) is 107 cm³/mol. The number of nitro benzene ring substituents is 1. The Kier molecular flexibility index (Phi) is 5.04. The highest BCUT2D eigenvalue weighted by atomic mass is 32.2. The lowest BCUT2D eigenvalue weighted by Gasteiger charge is -2.34. The number of para-hydroxylation sites is 1. The zero-order valence-corrected chi connectivity index (χ0v) is 16.1. The molecule has 148 valence electrons. The van der Waals surface area contributed by atoms with Crippen molar-refractivity contribution in [2.75, 3.05) is 6.61 Å². The first kappa shape index (κ1) is 19.1. The smallest absolute Gasteiger partial charge is 0.269 e. The number of nitrogens with zero attached hydrogens (tertiary/aromatic N) is 1. The van der Waals surface area contributed by atoms with Crippen LogP contribution < -0.4 is 9.46 Å². The number of nitrogens with one attached hydrogen (secondary N) is 1. The third-order valence-corrected chi connectivity index (χ3v) is 6.40. The normalized spacial score (nSPS) is 18.5. The molecule has 2 atom stereocenters. The lowest BCUT2D eigenvalue weighted by Crippen LogP contribution is -2.45. The number of fused-ring (bicyclic) bond motifs is 1. The molecule has 0 amide bonds. The van der Waals surface area contributed by atoms with Gasteiger partial charge in [-0.1, -0.05) is 48.5 Å². The number of ether oxygens (including phenoxy) is 1. The third kappa shape index (κ3) is 3.85. The highest BCUT2D eigenvalue weighted by Crippen LogP contribution is 2.38. The SMILES string of the molecule is O=[N+]([O-])c1ccc(S(=O)(=O)N[C@H]2COc3ccccc3[C@@H]2c2ccccc2)cc1. The highest BCUT2D eigenvalue weighted by molar-refractivity contribution is 7.89. The molecule has 0 spiro atoms. The van der Waals surface area contributed by atoms with Gasteiger partial charge in [0, 0.05) is 23.6 Å². The molecule has 0 saturated heterocycles. The average molecular weight is 410 g/mol. The molecule has 1 N–H and O–H groups in total. The molecule has 0 aliphatic carbocycles. The summed E-state index contributed by atoms with van der Waals surface area (Å²) < 4.78 is 34.4. The fraction of sp³-hybridized carbons (Fsp3) is 0.143. The van der Waals surface area contributed by atoms with E-state index in [2.05, 4.69) is 4.72 Å². The van der Waals surface area contributed by atoms with Crippen molar-refractivity contribution in [2.24, 2.45) is 0 Å². The van der Waals surface area contributed by atoms with Crippen LogP contribution in [-0.2, 0) is 10.0 Å². The maximum Gasteiger partial charge on any atom is 0.269 e. The summed E-state index contributed by atoms with van der Waals surface area (Å²) in [6.07, 6.45) is 0. The summed E-state index contributed by atoms with van der Waals surface area (Å²) in [6.45, 7) is 0.169. The molecule has 1 heterocycles. The van der Waals surface area contributed by atoms with E-state index in [1.54, 1.807) is 0 Å². The Morgan fingerprint density at radius 3 is 2.28 bits per heavy atom. The molecular weight excluding hydrogens is 392 g/mol. The first-order valence-corrected chi connectivity index (χ1v) is 10.5. The molecule has 3 aromatic rings. The van der Waals surface area contributed by atoms with Gasteiger partial charge >= 0.3 is 0 Å². The van der Waals surface area contributed by atoms with Crippen LogP contribution in [0.4, 0.5) is 5.69 Å². The van der Waals surface area contributed by atoms with Crippen LogP contribution in [-0.4, -0.2) is 26.0 Å². The molecule has 1 aliphatic heterocycles. The van der Waals surface area contributed by atoms with E-state index in [4.69, 9.17) is 4.74 Å². The Hall–Kier alpha value is -3.23. The van der Waals surface area contributed by atoms with Crippen LogP contribution in [0.2, 0.25) is 0 Å². The van der Waals surface area contributed by atoms with E-state index in [0.717, 1.165) is 16.9 Å². The van der Waals surface area contributed by atoms with E-state index < -0.39 is 21.0 Å². The van der Waals surface area contributed by atoms with Crippen LogP contribution in [0.3, 0.4) is 0 Å². The van der Waals surface area contributed by atoms with Crippen molar-refractivity contribution in [2.45, 2.75) is 16.9 Å². The molecule has 0 fully saturated rings. The lowest BCUT2D eigenvalue weighted by molar-refractivity contribution is -0.384. The van der Waals surface area contributed by atoms with Crippen molar-refractivity contribution in [1.29, 1.82) is 0 Å². The van der Waals surface area contributed by atoms with E-state index in [9.17, 15) is 18.5 Å². The molecule has 7 nitrogen and oxygen atoms in total. The van der Waals surface area contributed by atoms with Crippen molar-refractivity contribution >= 4 is 15.7 Å². The average Bonchev–Trinajstić information content (AvgIpc) is 2.74. The van der Waals surface area contributed by atoms with Crippen LogP contribution in [0.15, 0.2) is 83.8 Å². The van der Waals surface area contributed by atoms with Crippen LogP contribution in [0.1, 0.15) is 17.0 Å². The Morgan fingerprint density at radius 2 is 1.59 bits per heavy atom. The van der Waals surface area contributed by atoms with Gasteiger partial charge in [0.25, 0.3) is 5.69 Å². The van der Waals surface area contributed by atoms with Crippen molar-refractivity contribution < 1.29 is 18.1 Å². The van der Waals surface area contributed by atoms with E-state index in [1.807, 2.05) is 54.6 Å². The second kappa shape index (κ2) is 7.65. The first-order chi connectivity index (χ1) is 14.0. The number of hydrogen-bond acceptors (Lipinski definition) is 5. The number of sulfonamides is 1. The van der Waals surface area contributed by atoms with Gasteiger partial charge in [-0.2, -0.15) is 0 Å². The molecule has 0 radical (unpaired) electrons. The molecular formula is C21H18N2O5S. The number of hydrogen-bond donors (Lipinski definition) is 1. The summed E-state index contributed by atoms with van der Waals surface area (Å²) in [5.74, 6) is 0.501. The van der Waals surface area contributed by atoms with Gasteiger partial charge < -0.3 is 4.74 Å². The van der Waals surface area contributed by atoms with Crippen LogP contribution in [0.25, 0.3) is 0 Å². The number of nitro groups is 1. The van der Waals surface area contributed by atoms with E-state index in [1.165, 1.54) is 24.3 Å². The minimum absolute atomic E-state index is 0.0335. The van der Waals surface area contributed by atoms with Gasteiger partial charge in [0.15, 0.2) is 0 Å². The van der Waals surface area contributed by atoms with Gasteiger partial charge in [-0.05, 0) is 23.8 Å². The molecule has 1 aliphatic rings. The number of benzene rings is 3. The van der Waals surface area contributed by atoms with Crippen LogP contribution in [0.5, 0.6) is 5.75 Å². The minimum atomic E-state index is -3.90. The highest BCUT2D eigenvalue weighted by Gasteiger charge is 2.35. The zero-order valence-electron chi connectivity index (χ0n) is 15.3. The third-order valence-electron chi connectivity index (χ3n) is 4.90. The maximum atomic E-state index is 12.9. The van der Waals surface area contributed by atoms with Crippen molar-refractivity contribution in [3.8, 4) is 5.75 Å². The van der Waals surface area contributed by atoms with Gasteiger partial charge in [-0.25, -0.2) is 13.1 Å². The molecule has 29 heavy (non-hydrogen) atoms. The number of non-ortho nitro benzene ring substituents is 1. The fourth-order valence-electron chi connectivity index (χ4n) is 3.55. The standard InChI is InChI=1S/C21H18N2O5S/c24-23(25)16-10-12-17(13-11-16)29(26,27)22-19-14-28-20-9-5-4-8-18(20)21(19)15-6-2-1-3-7-15/h1-13,19,21-22H,14H2/t19-,21-/m0/s1. The van der Waals surface area contributed by atoms with Gasteiger partial charge in [0.2, 0.25) is 10.0 Å². The van der Waals surface area contributed by atoms with Crippen molar-refractivity contribution in [1.82, 2.24) is 4.72 Å². The van der Waals surface area contributed by atoms with Gasteiger partial charge in [-0.3, -0.25) is 10.1 Å². The number of rotatable bonds is 5. The second-order valence-corrected chi connectivity index (χ2v) is 8.43. The summed E-state index contributed by atoms with van der Waals surface area (Å²) in [6, 6.07) is 21.5. The summed E-state index contributed by atoms with van der Waals surface area (Å²) in [4.78, 5) is 10.2. The Morgan fingerprint density at radius 1 is 0.931 bits per heavy atom. The second-order valence-electron chi connectivity index (χ2n) is 6.72. The summed E-state index contributed by atoms with van der Waals surface area (Å²) in [7, 11) is -3.90. The molecule has 3 aromatic carbocycles. The summed E-state index contributed by atoms with van der Waals surface area (Å²) >= 11 is 0. The van der Waals surface area contributed by atoms with Crippen molar-refractivity contribution in [3.63, 3.8) is 0 Å². The molecule has 8 heteroatoms. The fourth-order valence-corrected chi connectivity index (χ4v) is 4.78. The topological polar surface area (TPSA) is 98.5 Å². The Balaban J connectivity index is 1.69. The van der Waals surface area contributed by atoms with Gasteiger partial charge in [-0.15, -0.1) is 0 Å². The lowest BCUT2D eigenvalue weighted by atomic mass is 9.84. The summed E-state index contributed by atoms with van der Waals surface area (Å²) in [5, 5.41) is 10.8. The van der Waals surface area contributed by atoms with E-state index >= 15 is 0 Å². The largest absolute Gasteiger partial charge is 0.492 e. The quantitative estimate of drug-likeness (QED) is 0.513. The molecule has 0 aromatic heterocycles. The molecule has 0 saturated carbocycles. The summed E-state index contributed by atoms with van der Waals surface area (Å²) in [5.41, 5.74) is 1.71. The zero-order chi connectivity index (χ0) is 20.4. The van der Waals surface area contributed by atoms with E-state index in [-0.39, 0.29) is 23.1 Å². The van der Waals surface area contributed by atoms with Crippen LogP contribution >= 0.6 is 0 Å². The Labute approximate surface area is 168 Å². The van der Waals surface area contributed by atoms with Crippen molar-refractivity contribution in [3.05, 3.63) is 100 Å². The van der Waals surface area contributed by atoms with Gasteiger partial charge in [0.05, 0.1) is 15.9 Å². The monoisotopic (exact) mass is 410 g/mol. The molecule has 0 unspecified atom stereocenters. The van der Waals surface area contributed by atoms with Gasteiger partial charge in [0.1, 0.15) is 12.4 Å². The minimum Gasteiger partial charge on any atom is -0.492 e. The molecule has 4 rings (SSSR count).